The van der Waals surface area contributed by atoms with Crippen molar-refractivity contribution in [3.8, 4) is 0 Å². The Morgan fingerprint density at radius 1 is 1.33 bits per heavy atom. The molecule has 0 aliphatic rings. The standard InChI is InChI=1S/C10H14Cl2N2.ClH/c1-2-3-4-9(13)10-7(11)5-14-6-8(10)12;/h5-6,9H,2-4,13H2,1H3;1H/t9-;/m1./s1. The van der Waals surface area contributed by atoms with Crippen LogP contribution in [0.4, 0.5) is 0 Å². The van der Waals surface area contributed by atoms with Gasteiger partial charge in [-0.3, -0.25) is 4.98 Å². The summed E-state index contributed by atoms with van der Waals surface area (Å²) < 4.78 is 0. The normalized spacial score (nSPS) is 12.0. The highest BCUT2D eigenvalue weighted by Crippen LogP contribution is 2.30. The summed E-state index contributed by atoms with van der Waals surface area (Å²) in [4.78, 5) is 3.89. The molecule has 2 nitrogen and oxygen atoms in total. The predicted molar refractivity (Wildman–Crippen MR) is 68.0 cm³/mol. The first-order valence-electron chi connectivity index (χ1n) is 4.71. The van der Waals surface area contributed by atoms with Gasteiger partial charge in [-0.15, -0.1) is 12.4 Å². The molecule has 0 aromatic carbocycles. The molecule has 0 fully saturated rings. The smallest absolute Gasteiger partial charge is 0.0651 e. The SMILES string of the molecule is CCCC[C@@H](N)c1c(Cl)cncc1Cl.Cl. The Balaban J connectivity index is 0.00000196. The fourth-order valence-electron chi connectivity index (χ4n) is 1.34. The van der Waals surface area contributed by atoms with Gasteiger partial charge in [0.2, 0.25) is 0 Å². The van der Waals surface area contributed by atoms with Gasteiger partial charge >= 0.3 is 0 Å². The van der Waals surface area contributed by atoms with E-state index in [4.69, 9.17) is 28.9 Å². The Morgan fingerprint density at radius 2 is 1.87 bits per heavy atom. The zero-order valence-corrected chi connectivity index (χ0v) is 10.9. The van der Waals surface area contributed by atoms with Crippen molar-refractivity contribution in [2.75, 3.05) is 0 Å². The molecule has 0 bridgehead atoms. The van der Waals surface area contributed by atoms with Crippen molar-refractivity contribution < 1.29 is 0 Å². The molecule has 0 radical (unpaired) electrons. The van der Waals surface area contributed by atoms with Gasteiger partial charge in [0.15, 0.2) is 0 Å². The van der Waals surface area contributed by atoms with E-state index in [0.29, 0.717) is 10.0 Å². The molecule has 0 amide bonds. The van der Waals surface area contributed by atoms with E-state index in [9.17, 15) is 0 Å². The summed E-state index contributed by atoms with van der Waals surface area (Å²) in [5.74, 6) is 0. The number of aromatic nitrogens is 1. The molecule has 1 heterocycles. The first-order valence-corrected chi connectivity index (χ1v) is 5.47. The summed E-state index contributed by atoms with van der Waals surface area (Å²) in [7, 11) is 0. The van der Waals surface area contributed by atoms with Crippen LogP contribution in [-0.2, 0) is 0 Å². The number of nitrogens with two attached hydrogens (primary N) is 1. The maximum absolute atomic E-state index is 5.99. The zero-order chi connectivity index (χ0) is 10.6. The Hall–Kier alpha value is -0.0200. The van der Waals surface area contributed by atoms with Crippen molar-refractivity contribution in [2.24, 2.45) is 5.73 Å². The van der Waals surface area contributed by atoms with Crippen molar-refractivity contribution in [3.63, 3.8) is 0 Å². The van der Waals surface area contributed by atoms with Crippen LogP contribution in [0.15, 0.2) is 12.4 Å². The van der Waals surface area contributed by atoms with E-state index in [1.807, 2.05) is 0 Å². The molecule has 1 aromatic heterocycles. The topological polar surface area (TPSA) is 38.9 Å². The van der Waals surface area contributed by atoms with E-state index in [-0.39, 0.29) is 18.4 Å². The second kappa shape index (κ2) is 7.29. The molecule has 0 unspecified atom stereocenters. The highest BCUT2D eigenvalue weighted by molar-refractivity contribution is 6.35. The van der Waals surface area contributed by atoms with Crippen LogP contribution in [0.2, 0.25) is 10.0 Å². The zero-order valence-electron chi connectivity index (χ0n) is 8.54. The van der Waals surface area contributed by atoms with Gasteiger partial charge in [-0.25, -0.2) is 0 Å². The van der Waals surface area contributed by atoms with Crippen molar-refractivity contribution in [1.82, 2.24) is 4.98 Å². The third kappa shape index (κ3) is 4.15. The van der Waals surface area contributed by atoms with E-state index >= 15 is 0 Å². The third-order valence-electron chi connectivity index (χ3n) is 2.13. The average Bonchev–Trinajstić information content (AvgIpc) is 2.14. The van der Waals surface area contributed by atoms with Crippen molar-refractivity contribution in [2.45, 2.75) is 32.2 Å². The molecular formula is C10H15Cl3N2. The first kappa shape index (κ1) is 15.0. The molecule has 0 spiro atoms. The number of hydrogen-bond donors (Lipinski definition) is 1. The number of unbranched alkanes of at least 4 members (excludes halogenated alkanes) is 1. The van der Waals surface area contributed by atoms with Gasteiger partial charge in [0.1, 0.15) is 0 Å². The summed E-state index contributed by atoms with van der Waals surface area (Å²) >= 11 is 12.0. The van der Waals surface area contributed by atoms with Crippen LogP contribution in [0.25, 0.3) is 0 Å². The van der Waals surface area contributed by atoms with Gasteiger partial charge in [-0.1, -0.05) is 43.0 Å². The second-order valence-corrected chi connectivity index (χ2v) is 4.08. The molecule has 5 heteroatoms. The number of rotatable bonds is 4. The van der Waals surface area contributed by atoms with Gasteiger partial charge in [-0.05, 0) is 6.42 Å². The second-order valence-electron chi connectivity index (χ2n) is 3.27. The molecule has 1 atom stereocenters. The Morgan fingerprint density at radius 3 is 2.33 bits per heavy atom. The van der Waals surface area contributed by atoms with Crippen molar-refractivity contribution in [3.05, 3.63) is 28.0 Å². The van der Waals surface area contributed by atoms with Gasteiger partial charge in [-0.2, -0.15) is 0 Å². The number of halogens is 3. The number of hydrogen-bond acceptors (Lipinski definition) is 2. The minimum Gasteiger partial charge on any atom is -0.324 e. The molecule has 0 saturated carbocycles. The molecule has 2 N–H and O–H groups in total. The summed E-state index contributed by atoms with van der Waals surface area (Å²) in [5, 5.41) is 1.11. The Labute approximate surface area is 107 Å². The molecule has 0 saturated heterocycles. The molecule has 1 rings (SSSR count). The van der Waals surface area contributed by atoms with Crippen LogP contribution in [0, 0.1) is 0 Å². The van der Waals surface area contributed by atoms with Crippen LogP contribution >= 0.6 is 35.6 Å². The fraction of sp³-hybridized carbons (Fsp3) is 0.500. The molecule has 15 heavy (non-hydrogen) atoms. The maximum Gasteiger partial charge on any atom is 0.0651 e. The van der Waals surface area contributed by atoms with Crippen LogP contribution in [-0.4, -0.2) is 4.98 Å². The van der Waals surface area contributed by atoms with E-state index in [0.717, 1.165) is 24.8 Å². The minimum atomic E-state index is -0.0852. The third-order valence-corrected chi connectivity index (χ3v) is 2.73. The molecule has 86 valence electrons. The monoisotopic (exact) mass is 268 g/mol. The lowest BCUT2D eigenvalue weighted by molar-refractivity contribution is 0.603. The summed E-state index contributed by atoms with van der Waals surface area (Å²) in [5.41, 5.74) is 6.80. The predicted octanol–water partition coefficient (Wildman–Crippen LogP) is 4.00. The largest absolute Gasteiger partial charge is 0.324 e. The highest BCUT2D eigenvalue weighted by Gasteiger charge is 2.13. The van der Waals surface area contributed by atoms with E-state index in [1.54, 1.807) is 12.4 Å². The van der Waals surface area contributed by atoms with Gasteiger partial charge in [0.05, 0.1) is 10.0 Å². The fourth-order valence-corrected chi connectivity index (χ4v) is 1.99. The lowest BCUT2D eigenvalue weighted by atomic mass is 10.0. The quantitative estimate of drug-likeness (QED) is 0.897. The first-order chi connectivity index (χ1) is 6.66. The lowest BCUT2D eigenvalue weighted by Crippen LogP contribution is -2.11. The Bertz CT molecular complexity index is 284. The van der Waals surface area contributed by atoms with E-state index in [1.165, 1.54) is 0 Å². The summed E-state index contributed by atoms with van der Waals surface area (Å²) in [6.07, 6.45) is 6.26. The average molecular weight is 270 g/mol. The number of pyridine rings is 1. The van der Waals surface area contributed by atoms with Gasteiger partial charge in [0.25, 0.3) is 0 Å². The van der Waals surface area contributed by atoms with Crippen LogP contribution in [0.5, 0.6) is 0 Å². The molecule has 0 aliphatic heterocycles. The summed E-state index contributed by atoms with van der Waals surface area (Å²) in [6.45, 7) is 2.13. The van der Waals surface area contributed by atoms with Gasteiger partial charge in [0, 0.05) is 24.0 Å². The molecular weight excluding hydrogens is 254 g/mol. The highest BCUT2D eigenvalue weighted by atomic mass is 35.5. The maximum atomic E-state index is 5.99. The van der Waals surface area contributed by atoms with Gasteiger partial charge < -0.3 is 5.73 Å². The van der Waals surface area contributed by atoms with Crippen molar-refractivity contribution >= 4 is 35.6 Å². The molecule has 0 aliphatic carbocycles. The minimum absolute atomic E-state index is 0. The number of nitrogens with zero attached hydrogens (tertiary/aromatic N) is 1. The molecule has 1 aromatic rings. The summed E-state index contributed by atoms with van der Waals surface area (Å²) in [6, 6.07) is -0.0852. The van der Waals surface area contributed by atoms with E-state index < -0.39 is 0 Å². The van der Waals surface area contributed by atoms with Crippen LogP contribution < -0.4 is 5.73 Å². The van der Waals surface area contributed by atoms with Crippen LogP contribution in [0.1, 0.15) is 37.8 Å². The Kier molecular flexibility index (Phi) is 7.28. The lowest BCUT2D eigenvalue weighted by Gasteiger charge is -2.14. The van der Waals surface area contributed by atoms with Crippen LogP contribution in [0.3, 0.4) is 0 Å². The van der Waals surface area contributed by atoms with E-state index in [2.05, 4.69) is 11.9 Å². The van der Waals surface area contributed by atoms with Crippen molar-refractivity contribution in [1.29, 1.82) is 0 Å².